The average Bonchev–Trinajstić information content (AvgIpc) is 3.09. The van der Waals surface area contributed by atoms with Gasteiger partial charge in [0, 0.05) is 43.5 Å². The molecule has 0 N–H and O–H groups in total. The number of esters is 1. The molecule has 1 aromatic carbocycles. The molecule has 0 aliphatic carbocycles. The Balaban J connectivity index is 1.54. The summed E-state index contributed by atoms with van der Waals surface area (Å²) in [5.74, 6) is -0.954. The molecule has 2 bridgehead atoms. The van der Waals surface area contributed by atoms with E-state index in [0.717, 1.165) is 32.5 Å². The Kier molecular flexibility index (Phi) is 6.32. The van der Waals surface area contributed by atoms with Crippen LogP contribution in [0.2, 0.25) is 0 Å². The van der Waals surface area contributed by atoms with Crippen molar-refractivity contribution in [2.24, 2.45) is 0 Å². The second kappa shape index (κ2) is 9.32. The van der Waals surface area contributed by atoms with Crippen molar-refractivity contribution in [3.05, 3.63) is 69.8 Å². The molecule has 0 amide bonds. The van der Waals surface area contributed by atoms with Crippen LogP contribution in [0.25, 0.3) is 11.0 Å². The molecule has 8 heteroatoms. The summed E-state index contributed by atoms with van der Waals surface area (Å²) in [4.78, 5) is 35.0. The predicted molar refractivity (Wildman–Crippen MR) is 138 cm³/mol. The fourth-order valence-electron chi connectivity index (χ4n) is 5.57. The largest absolute Gasteiger partial charge is 0.462 e. The van der Waals surface area contributed by atoms with Gasteiger partial charge in [0.2, 0.25) is 5.43 Å². The number of anilines is 1. The summed E-state index contributed by atoms with van der Waals surface area (Å²) in [5.41, 5.74) is 0.484. The van der Waals surface area contributed by atoms with Gasteiger partial charge in [0.15, 0.2) is 11.6 Å². The molecular weight excluding hydrogens is 459 g/mol. The van der Waals surface area contributed by atoms with Crippen LogP contribution in [-0.4, -0.2) is 52.2 Å². The van der Waals surface area contributed by atoms with E-state index in [4.69, 9.17) is 9.72 Å². The summed E-state index contributed by atoms with van der Waals surface area (Å²) in [6, 6.07) is 11.9. The minimum atomic E-state index is -0.709. The summed E-state index contributed by atoms with van der Waals surface area (Å²) in [7, 11) is 0. The van der Waals surface area contributed by atoms with Crippen LogP contribution in [0.4, 0.5) is 10.2 Å². The van der Waals surface area contributed by atoms with E-state index in [1.165, 1.54) is 17.8 Å². The molecular formula is C28H33FN4O3. The normalized spacial score (nSPS) is 20.2. The van der Waals surface area contributed by atoms with E-state index in [0.29, 0.717) is 5.65 Å². The number of hydrogen-bond acceptors (Lipinski definition) is 6. The molecule has 2 saturated heterocycles. The van der Waals surface area contributed by atoms with Crippen molar-refractivity contribution in [2.75, 3.05) is 24.6 Å². The van der Waals surface area contributed by atoms with Crippen LogP contribution in [0.5, 0.6) is 0 Å². The average molecular weight is 493 g/mol. The van der Waals surface area contributed by atoms with Crippen LogP contribution in [0.1, 0.15) is 56.5 Å². The number of carbonyl (C=O) groups excluding carboxylic acids is 1. The highest BCUT2D eigenvalue weighted by atomic mass is 19.1. The van der Waals surface area contributed by atoms with Crippen LogP contribution in [0.3, 0.4) is 0 Å². The first-order chi connectivity index (χ1) is 17.2. The summed E-state index contributed by atoms with van der Waals surface area (Å²) in [6.07, 6.45) is 3.45. The molecule has 2 aromatic heterocycles. The van der Waals surface area contributed by atoms with Crippen molar-refractivity contribution in [3.63, 3.8) is 0 Å². The van der Waals surface area contributed by atoms with E-state index in [1.54, 1.807) is 11.5 Å². The first-order valence-corrected chi connectivity index (χ1v) is 12.7. The second-order valence-corrected chi connectivity index (χ2v) is 10.8. The molecule has 2 aliphatic rings. The molecule has 2 fully saturated rings. The molecule has 0 saturated carbocycles. The van der Waals surface area contributed by atoms with Gasteiger partial charge >= 0.3 is 5.97 Å². The Labute approximate surface area is 210 Å². The SMILES string of the molecule is CCOC(=O)c1cn(C(C)(C)C)c2nc(N3C4CCC3CN(Cc3ccccc3)C4)c(F)cc2c1=O. The lowest BCUT2D eigenvalue weighted by Gasteiger charge is -2.42. The first-order valence-electron chi connectivity index (χ1n) is 12.7. The van der Waals surface area contributed by atoms with Crippen LogP contribution < -0.4 is 10.3 Å². The molecule has 4 heterocycles. The number of nitrogens with zero attached hydrogens (tertiary/aromatic N) is 4. The number of hydrogen-bond donors (Lipinski definition) is 0. The maximum Gasteiger partial charge on any atom is 0.343 e. The van der Waals surface area contributed by atoms with Gasteiger partial charge in [-0.25, -0.2) is 14.2 Å². The first kappa shape index (κ1) is 24.4. The summed E-state index contributed by atoms with van der Waals surface area (Å²) in [6.45, 7) is 10.2. The minimum absolute atomic E-state index is 0.0896. The van der Waals surface area contributed by atoms with Crippen LogP contribution in [-0.2, 0) is 16.8 Å². The van der Waals surface area contributed by atoms with Gasteiger partial charge in [-0.1, -0.05) is 30.3 Å². The Morgan fingerprint density at radius 1 is 1.14 bits per heavy atom. The lowest BCUT2D eigenvalue weighted by molar-refractivity contribution is 0.0524. The molecule has 36 heavy (non-hydrogen) atoms. The lowest BCUT2D eigenvalue weighted by Crippen LogP contribution is -2.54. The molecule has 0 radical (unpaired) electrons. The van der Waals surface area contributed by atoms with E-state index in [1.807, 2.05) is 26.8 Å². The van der Waals surface area contributed by atoms with Crippen molar-refractivity contribution in [3.8, 4) is 0 Å². The standard InChI is InChI=1S/C28H33FN4O3/c1-5-36-27(35)22-17-32(28(2,3)4)25-21(24(22)34)13-23(29)26(30-25)33-19-11-12-20(33)16-31(15-19)14-18-9-7-6-8-10-18/h6-10,13,17,19-20H,5,11-12,14-16H2,1-4H3. The molecule has 7 nitrogen and oxygen atoms in total. The smallest absolute Gasteiger partial charge is 0.343 e. The number of pyridine rings is 2. The summed E-state index contributed by atoms with van der Waals surface area (Å²) in [5, 5.41) is 0.0896. The van der Waals surface area contributed by atoms with Crippen molar-refractivity contribution >= 4 is 22.8 Å². The molecule has 2 unspecified atom stereocenters. The Morgan fingerprint density at radius 2 is 1.81 bits per heavy atom. The molecule has 3 aromatic rings. The van der Waals surface area contributed by atoms with Gasteiger partial charge in [0.05, 0.1) is 12.0 Å². The maximum absolute atomic E-state index is 15.6. The molecule has 0 spiro atoms. The van der Waals surface area contributed by atoms with E-state index >= 15 is 4.39 Å². The van der Waals surface area contributed by atoms with Crippen molar-refractivity contribution in [1.82, 2.24) is 14.5 Å². The number of carbonyl (C=O) groups is 1. The fraction of sp³-hybridized carbons (Fsp3) is 0.464. The maximum atomic E-state index is 15.6. The summed E-state index contributed by atoms with van der Waals surface area (Å²) < 4.78 is 22.5. The van der Waals surface area contributed by atoms with E-state index < -0.39 is 22.8 Å². The Hall–Kier alpha value is -3.26. The molecule has 2 atom stereocenters. The Bertz CT molecular complexity index is 1330. The van der Waals surface area contributed by atoms with Crippen molar-refractivity contribution in [2.45, 2.75) is 64.7 Å². The van der Waals surface area contributed by atoms with Crippen molar-refractivity contribution in [1.29, 1.82) is 0 Å². The van der Waals surface area contributed by atoms with Gasteiger partial charge in [-0.05, 0) is 52.2 Å². The van der Waals surface area contributed by atoms with Gasteiger partial charge in [0.25, 0.3) is 0 Å². The topological polar surface area (TPSA) is 67.7 Å². The molecule has 2 aliphatic heterocycles. The van der Waals surface area contributed by atoms with Gasteiger partial charge in [-0.2, -0.15) is 0 Å². The number of benzene rings is 1. The zero-order chi connectivity index (χ0) is 25.6. The highest BCUT2D eigenvalue weighted by Crippen LogP contribution is 2.37. The Morgan fingerprint density at radius 3 is 2.42 bits per heavy atom. The van der Waals surface area contributed by atoms with E-state index in [2.05, 4.69) is 34.1 Å². The molecule has 190 valence electrons. The number of fused-ring (bicyclic) bond motifs is 3. The zero-order valence-corrected chi connectivity index (χ0v) is 21.3. The number of rotatable bonds is 5. The number of ether oxygens (including phenoxy) is 1. The van der Waals surface area contributed by atoms with Gasteiger partial charge in [-0.3, -0.25) is 9.69 Å². The third kappa shape index (κ3) is 4.39. The van der Waals surface area contributed by atoms with Crippen LogP contribution in [0, 0.1) is 5.82 Å². The lowest BCUT2D eigenvalue weighted by atomic mass is 10.1. The van der Waals surface area contributed by atoms with Crippen LogP contribution >= 0.6 is 0 Å². The molecule has 5 rings (SSSR count). The number of aromatic nitrogens is 2. The summed E-state index contributed by atoms with van der Waals surface area (Å²) >= 11 is 0. The number of halogens is 1. The van der Waals surface area contributed by atoms with Gasteiger partial charge < -0.3 is 14.2 Å². The van der Waals surface area contributed by atoms with Crippen molar-refractivity contribution < 1.29 is 13.9 Å². The highest BCUT2D eigenvalue weighted by molar-refractivity contribution is 5.93. The van der Waals surface area contributed by atoms with E-state index in [-0.39, 0.29) is 35.5 Å². The fourth-order valence-corrected chi connectivity index (χ4v) is 5.57. The van der Waals surface area contributed by atoms with E-state index in [9.17, 15) is 9.59 Å². The second-order valence-electron chi connectivity index (χ2n) is 10.8. The third-order valence-corrected chi connectivity index (χ3v) is 7.18. The predicted octanol–water partition coefficient (Wildman–Crippen LogP) is 4.32. The quantitative estimate of drug-likeness (QED) is 0.494. The third-order valence-electron chi connectivity index (χ3n) is 7.18. The van der Waals surface area contributed by atoms with Gasteiger partial charge in [-0.15, -0.1) is 0 Å². The number of likely N-dealkylation sites (tertiary alicyclic amines) is 1. The van der Waals surface area contributed by atoms with Crippen LogP contribution in [0.15, 0.2) is 47.4 Å². The highest BCUT2D eigenvalue weighted by Gasteiger charge is 2.42. The zero-order valence-electron chi connectivity index (χ0n) is 21.3. The number of piperazine rings is 1. The minimum Gasteiger partial charge on any atom is -0.462 e. The van der Waals surface area contributed by atoms with Gasteiger partial charge in [0.1, 0.15) is 11.2 Å². The monoisotopic (exact) mass is 492 g/mol.